The maximum absolute atomic E-state index is 14.6. The molecule has 1 saturated heterocycles. The van der Waals surface area contributed by atoms with E-state index in [0.29, 0.717) is 35.9 Å². The summed E-state index contributed by atoms with van der Waals surface area (Å²) in [6, 6.07) is 19.7. The Kier molecular flexibility index (Phi) is 10.5. The van der Waals surface area contributed by atoms with Crippen LogP contribution < -0.4 is 9.47 Å². The van der Waals surface area contributed by atoms with Gasteiger partial charge in [-0.15, -0.1) is 0 Å². The standard InChI is InChI=1S/C35H44ClN5O3/c1-24(2)16-17-41(35(42)27-14-15-31(43-4)33(44-5)32(27)36)30(34-37-28-12-8-9-13-29(28)38-34)22-25-10-6-7-11-26(25)23-40-20-18-39(3)19-21-40/h6-15,24,30H,16-23H2,1-5H3,(H,37,38). The van der Waals surface area contributed by atoms with Gasteiger partial charge in [0.1, 0.15) is 5.82 Å². The Balaban J connectivity index is 1.57. The summed E-state index contributed by atoms with van der Waals surface area (Å²) >= 11 is 6.83. The largest absolute Gasteiger partial charge is 0.493 e. The molecule has 9 heteroatoms. The molecule has 1 aliphatic rings. The van der Waals surface area contributed by atoms with Crippen molar-refractivity contribution in [2.75, 3.05) is 54.0 Å². The number of carbonyl (C=O) groups is 1. The second kappa shape index (κ2) is 14.5. The molecule has 4 aromatic rings. The summed E-state index contributed by atoms with van der Waals surface area (Å²) in [5, 5.41) is 0.241. The molecule has 3 aromatic carbocycles. The van der Waals surface area contributed by atoms with E-state index in [4.69, 9.17) is 26.1 Å². The molecule has 1 amide bonds. The van der Waals surface area contributed by atoms with Gasteiger partial charge in [-0.05, 0) is 54.8 Å². The summed E-state index contributed by atoms with van der Waals surface area (Å²) in [4.78, 5) is 30.0. The van der Waals surface area contributed by atoms with Gasteiger partial charge in [-0.3, -0.25) is 9.69 Å². The molecule has 1 atom stereocenters. The van der Waals surface area contributed by atoms with Crippen molar-refractivity contribution < 1.29 is 14.3 Å². The second-order valence-corrected chi connectivity index (χ2v) is 12.4. The molecule has 44 heavy (non-hydrogen) atoms. The average Bonchev–Trinajstić information content (AvgIpc) is 3.46. The van der Waals surface area contributed by atoms with Crippen LogP contribution in [0.2, 0.25) is 5.02 Å². The highest BCUT2D eigenvalue weighted by atomic mass is 35.5. The van der Waals surface area contributed by atoms with Gasteiger partial charge in [0.25, 0.3) is 5.91 Å². The van der Waals surface area contributed by atoms with Crippen molar-refractivity contribution >= 4 is 28.5 Å². The van der Waals surface area contributed by atoms with Crippen LogP contribution in [-0.2, 0) is 13.0 Å². The van der Waals surface area contributed by atoms with Crippen LogP contribution >= 0.6 is 11.6 Å². The minimum absolute atomic E-state index is 0.168. The molecule has 0 saturated carbocycles. The first-order valence-electron chi connectivity index (χ1n) is 15.4. The topological polar surface area (TPSA) is 73.9 Å². The third-order valence-electron chi connectivity index (χ3n) is 8.54. The van der Waals surface area contributed by atoms with Crippen LogP contribution in [0.25, 0.3) is 11.0 Å². The number of aromatic nitrogens is 2. The van der Waals surface area contributed by atoms with Crippen molar-refractivity contribution in [2.24, 2.45) is 5.92 Å². The number of benzene rings is 3. The smallest absolute Gasteiger partial charge is 0.256 e. The maximum atomic E-state index is 14.6. The number of imidazole rings is 1. The quantitative estimate of drug-likeness (QED) is 0.197. The van der Waals surface area contributed by atoms with Gasteiger partial charge in [-0.25, -0.2) is 4.98 Å². The molecule has 0 spiro atoms. The van der Waals surface area contributed by atoms with Gasteiger partial charge in [-0.1, -0.05) is 61.8 Å². The SMILES string of the molecule is COc1ccc(C(=O)N(CCC(C)C)C(Cc2ccccc2CN2CCN(C)CC2)c2nc3ccccc3[nH]2)c(Cl)c1OC. The van der Waals surface area contributed by atoms with Crippen LogP contribution in [0.5, 0.6) is 11.5 Å². The summed E-state index contributed by atoms with van der Waals surface area (Å²) in [7, 11) is 5.27. The van der Waals surface area contributed by atoms with E-state index in [9.17, 15) is 4.79 Å². The predicted octanol–water partition coefficient (Wildman–Crippen LogP) is 6.45. The number of hydrogen-bond acceptors (Lipinski definition) is 6. The fourth-order valence-electron chi connectivity index (χ4n) is 5.86. The molecule has 0 radical (unpaired) electrons. The number of carbonyl (C=O) groups excluding carboxylic acids is 1. The van der Waals surface area contributed by atoms with Gasteiger partial charge in [0.05, 0.1) is 41.9 Å². The van der Waals surface area contributed by atoms with Gasteiger partial charge in [0, 0.05) is 45.7 Å². The molecule has 1 fully saturated rings. The molecule has 2 heterocycles. The molecule has 234 valence electrons. The summed E-state index contributed by atoms with van der Waals surface area (Å²) < 4.78 is 11.0. The van der Waals surface area contributed by atoms with Crippen LogP contribution in [0, 0.1) is 5.92 Å². The van der Waals surface area contributed by atoms with Gasteiger partial charge in [0.15, 0.2) is 11.5 Å². The molecule has 1 N–H and O–H groups in total. The van der Waals surface area contributed by atoms with Gasteiger partial charge < -0.3 is 24.3 Å². The molecule has 0 aliphatic carbocycles. The van der Waals surface area contributed by atoms with Gasteiger partial charge >= 0.3 is 0 Å². The average molecular weight is 618 g/mol. The van der Waals surface area contributed by atoms with Crippen molar-refractivity contribution in [3.8, 4) is 11.5 Å². The van der Waals surface area contributed by atoms with E-state index in [1.807, 2.05) is 29.2 Å². The zero-order chi connectivity index (χ0) is 31.2. The lowest BCUT2D eigenvalue weighted by Gasteiger charge is -2.34. The fourth-order valence-corrected chi connectivity index (χ4v) is 6.17. The number of piperazine rings is 1. The number of likely N-dealkylation sites (N-methyl/N-ethyl adjacent to an activating group) is 1. The zero-order valence-corrected chi connectivity index (χ0v) is 27.2. The van der Waals surface area contributed by atoms with E-state index < -0.39 is 0 Å². The fraction of sp³-hybridized carbons (Fsp3) is 0.429. The monoisotopic (exact) mass is 617 g/mol. The summed E-state index contributed by atoms with van der Waals surface area (Å²) in [5.41, 5.74) is 4.67. The lowest BCUT2D eigenvalue weighted by Crippen LogP contribution is -2.44. The number of nitrogens with one attached hydrogen (secondary N) is 1. The Morgan fingerprint density at radius 2 is 1.68 bits per heavy atom. The number of hydrogen-bond donors (Lipinski definition) is 1. The number of halogens is 1. The number of H-pyrrole nitrogens is 1. The van der Waals surface area contributed by atoms with E-state index in [0.717, 1.165) is 56.0 Å². The number of amides is 1. The third-order valence-corrected chi connectivity index (χ3v) is 8.92. The number of nitrogens with zero attached hydrogens (tertiary/aromatic N) is 4. The maximum Gasteiger partial charge on any atom is 0.256 e. The minimum Gasteiger partial charge on any atom is -0.493 e. The van der Waals surface area contributed by atoms with Crippen molar-refractivity contribution in [3.05, 3.63) is 88.2 Å². The van der Waals surface area contributed by atoms with Crippen molar-refractivity contribution in [2.45, 2.75) is 39.3 Å². The number of methoxy groups -OCH3 is 2. The Morgan fingerprint density at radius 3 is 2.36 bits per heavy atom. The molecule has 1 aromatic heterocycles. The van der Waals surface area contributed by atoms with E-state index >= 15 is 0 Å². The van der Waals surface area contributed by atoms with Crippen LogP contribution in [0.3, 0.4) is 0 Å². The molecule has 8 nitrogen and oxygen atoms in total. The van der Waals surface area contributed by atoms with Crippen molar-refractivity contribution in [1.82, 2.24) is 24.7 Å². The van der Waals surface area contributed by atoms with Crippen molar-refractivity contribution in [3.63, 3.8) is 0 Å². The Bertz CT molecular complexity index is 1530. The Morgan fingerprint density at radius 1 is 0.977 bits per heavy atom. The van der Waals surface area contributed by atoms with Crippen LogP contribution in [-0.4, -0.2) is 84.6 Å². The highest BCUT2D eigenvalue weighted by Crippen LogP contribution is 2.39. The van der Waals surface area contributed by atoms with Crippen LogP contribution in [0.4, 0.5) is 0 Å². The first kappa shape index (κ1) is 31.8. The minimum atomic E-state index is -0.355. The molecule has 0 bridgehead atoms. The van der Waals surface area contributed by atoms with Gasteiger partial charge in [0.2, 0.25) is 0 Å². The number of ether oxygens (including phenoxy) is 2. The molecular formula is C35H44ClN5O3. The number of fused-ring (bicyclic) bond motifs is 1. The normalized spacial score (nSPS) is 15.1. The second-order valence-electron chi connectivity index (χ2n) is 12.1. The van der Waals surface area contributed by atoms with Gasteiger partial charge in [-0.2, -0.15) is 0 Å². The first-order valence-corrected chi connectivity index (χ1v) is 15.8. The molecular weight excluding hydrogens is 574 g/mol. The molecule has 1 unspecified atom stereocenters. The molecule has 1 aliphatic heterocycles. The van der Waals surface area contributed by atoms with Crippen molar-refractivity contribution in [1.29, 1.82) is 0 Å². The number of aromatic amines is 1. The molecule has 5 rings (SSSR count). The summed E-state index contributed by atoms with van der Waals surface area (Å²) in [6.07, 6.45) is 1.44. The van der Waals surface area contributed by atoms with E-state index in [2.05, 4.69) is 59.9 Å². The highest BCUT2D eigenvalue weighted by molar-refractivity contribution is 6.35. The zero-order valence-electron chi connectivity index (χ0n) is 26.5. The Hall–Kier alpha value is -3.59. The van der Waals surface area contributed by atoms with Crippen LogP contribution in [0.1, 0.15) is 53.6 Å². The summed E-state index contributed by atoms with van der Waals surface area (Å²) in [5.74, 6) is 1.82. The van der Waals surface area contributed by atoms with E-state index in [1.54, 1.807) is 19.2 Å². The van der Waals surface area contributed by atoms with E-state index in [1.165, 1.54) is 18.2 Å². The first-order chi connectivity index (χ1) is 21.3. The highest BCUT2D eigenvalue weighted by Gasteiger charge is 2.32. The number of rotatable bonds is 12. The lowest BCUT2D eigenvalue weighted by molar-refractivity contribution is 0.0656. The predicted molar refractivity (Wildman–Crippen MR) is 177 cm³/mol. The third kappa shape index (κ3) is 7.20. The van der Waals surface area contributed by atoms with Crippen LogP contribution in [0.15, 0.2) is 60.7 Å². The number of para-hydroxylation sites is 2. The Labute approximate surface area is 265 Å². The summed E-state index contributed by atoms with van der Waals surface area (Å²) in [6.45, 7) is 9.97. The lowest BCUT2D eigenvalue weighted by atomic mass is 9.96. The van der Waals surface area contributed by atoms with E-state index in [-0.39, 0.29) is 17.0 Å².